The molecule has 7 heteroatoms. The minimum absolute atomic E-state index is 0.0448. The lowest BCUT2D eigenvalue weighted by molar-refractivity contribution is 0.0637. The maximum absolute atomic E-state index is 12.7. The van der Waals surface area contributed by atoms with E-state index in [-0.39, 0.29) is 5.91 Å². The van der Waals surface area contributed by atoms with E-state index < -0.39 is 0 Å². The smallest absolute Gasteiger partial charge is 0.272 e. The van der Waals surface area contributed by atoms with Crippen molar-refractivity contribution in [3.63, 3.8) is 0 Å². The number of halogens is 2. The Hall–Kier alpha value is -1.82. The lowest BCUT2D eigenvalue weighted by Gasteiger charge is -2.33. The minimum atomic E-state index is -0.0448. The first kappa shape index (κ1) is 18.0. The van der Waals surface area contributed by atoms with Crippen molar-refractivity contribution < 1.29 is 4.79 Å². The maximum atomic E-state index is 12.7. The molecule has 25 heavy (non-hydrogen) atoms. The lowest BCUT2D eigenvalue weighted by atomic mass is 10.2. The zero-order chi connectivity index (χ0) is 17.8. The van der Waals surface area contributed by atoms with Gasteiger partial charge in [-0.15, -0.1) is 0 Å². The van der Waals surface area contributed by atoms with Crippen molar-refractivity contribution in [3.05, 3.63) is 52.3 Å². The molecule has 0 spiro atoms. The number of carbonyl (C=O) groups excluding carboxylic acids is 1. The van der Waals surface area contributed by atoms with Gasteiger partial charge in [-0.3, -0.25) is 9.78 Å². The summed E-state index contributed by atoms with van der Waals surface area (Å²) in [6.45, 7) is 6.41. The molecule has 2 aromatic rings. The third-order valence-corrected chi connectivity index (χ3v) is 4.86. The van der Waals surface area contributed by atoms with Gasteiger partial charge in [0.05, 0.1) is 10.7 Å². The Morgan fingerprint density at radius 1 is 1.16 bits per heavy atom. The Kier molecular flexibility index (Phi) is 5.78. The predicted molar refractivity (Wildman–Crippen MR) is 102 cm³/mol. The highest BCUT2D eigenvalue weighted by Gasteiger charge is 2.22. The molecule has 1 aromatic carbocycles. The summed E-state index contributed by atoms with van der Waals surface area (Å²) >= 11 is 12.2. The molecule has 3 rings (SSSR count). The van der Waals surface area contributed by atoms with Gasteiger partial charge >= 0.3 is 0 Å². The zero-order valence-electron chi connectivity index (χ0n) is 14.0. The third kappa shape index (κ3) is 4.42. The number of nitrogens with one attached hydrogen (secondary N) is 1. The number of carbonyl (C=O) groups is 1. The van der Waals surface area contributed by atoms with Crippen LogP contribution in [-0.4, -0.2) is 53.4 Å². The topological polar surface area (TPSA) is 48.5 Å². The van der Waals surface area contributed by atoms with Crippen LogP contribution in [0.2, 0.25) is 10.0 Å². The summed E-state index contributed by atoms with van der Waals surface area (Å²) in [6.07, 6.45) is 1.62. The van der Waals surface area contributed by atoms with E-state index >= 15 is 0 Å². The number of anilines is 2. The highest BCUT2D eigenvalue weighted by atomic mass is 35.5. The van der Waals surface area contributed by atoms with Crippen molar-refractivity contribution in [1.29, 1.82) is 0 Å². The van der Waals surface area contributed by atoms with Crippen LogP contribution in [0, 0.1) is 0 Å². The van der Waals surface area contributed by atoms with E-state index in [0.717, 1.165) is 38.4 Å². The number of pyridine rings is 1. The first-order chi connectivity index (χ1) is 12.1. The fourth-order valence-corrected chi connectivity index (χ4v) is 3.14. The van der Waals surface area contributed by atoms with Crippen molar-refractivity contribution in [2.45, 2.75) is 6.92 Å². The quantitative estimate of drug-likeness (QED) is 0.875. The molecule has 1 aliphatic rings. The van der Waals surface area contributed by atoms with Gasteiger partial charge in [-0.25, -0.2) is 0 Å². The monoisotopic (exact) mass is 378 g/mol. The molecule has 5 nitrogen and oxygen atoms in total. The van der Waals surface area contributed by atoms with E-state index in [0.29, 0.717) is 21.4 Å². The molecule has 1 N–H and O–H groups in total. The van der Waals surface area contributed by atoms with Crippen LogP contribution in [0.15, 0.2) is 36.5 Å². The summed E-state index contributed by atoms with van der Waals surface area (Å²) in [5.41, 5.74) is 1.86. The number of nitrogens with zero attached hydrogens (tertiary/aromatic N) is 3. The number of hydrogen-bond acceptors (Lipinski definition) is 4. The van der Waals surface area contributed by atoms with Crippen LogP contribution in [-0.2, 0) is 0 Å². The van der Waals surface area contributed by atoms with Crippen LogP contribution in [0.4, 0.5) is 11.4 Å². The largest absolute Gasteiger partial charge is 0.354 e. The standard InChI is InChI=1S/C18H20Cl2N4O/c1-2-23-7-9-24(10-8-23)18(25)17-12-14(5-6-21-17)22-16-11-13(19)3-4-15(16)20/h3-6,11-12H,2,7-10H2,1H3,(H,21,22). The number of aromatic nitrogens is 1. The fraction of sp³-hybridized carbons (Fsp3) is 0.333. The average Bonchev–Trinajstić information content (AvgIpc) is 2.64. The number of amides is 1. The van der Waals surface area contributed by atoms with Gasteiger partial charge in [0.15, 0.2) is 0 Å². The molecule has 1 aromatic heterocycles. The summed E-state index contributed by atoms with van der Waals surface area (Å²) in [5.74, 6) is -0.0448. The van der Waals surface area contributed by atoms with Gasteiger partial charge in [0, 0.05) is 43.1 Å². The molecule has 1 aliphatic heterocycles. The summed E-state index contributed by atoms with van der Waals surface area (Å²) in [5, 5.41) is 4.34. The normalized spacial score (nSPS) is 15.2. The van der Waals surface area contributed by atoms with Crippen molar-refractivity contribution in [3.8, 4) is 0 Å². The Bertz CT molecular complexity index is 760. The van der Waals surface area contributed by atoms with Crippen molar-refractivity contribution >= 4 is 40.5 Å². The lowest BCUT2D eigenvalue weighted by Crippen LogP contribution is -2.48. The molecule has 1 amide bonds. The van der Waals surface area contributed by atoms with E-state index in [2.05, 4.69) is 22.1 Å². The van der Waals surface area contributed by atoms with Crippen LogP contribution in [0.3, 0.4) is 0 Å². The number of likely N-dealkylation sites (N-methyl/N-ethyl adjacent to an activating group) is 1. The van der Waals surface area contributed by atoms with Crippen LogP contribution in [0.5, 0.6) is 0 Å². The molecule has 0 atom stereocenters. The van der Waals surface area contributed by atoms with Crippen molar-refractivity contribution in [1.82, 2.24) is 14.8 Å². The van der Waals surface area contributed by atoms with Crippen LogP contribution in [0.25, 0.3) is 0 Å². The first-order valence-corrected chi connectivity index (χ1v) is 9.02. The van der Waals surface area contributed by atoms with Gasteiger partial charge in [-0.2, -0.15) is 0 Å². The molecule has 0 bridgehead atoms. The summed E-state index contributed by atoms with van der Waals surface area (Å²) in [4.78, 5) is 21.1. The zero-order valence-corrected chi connectivity index (χ0v) is 15.5. The molecule has 132 valence electrons. The Labute approximate surface area is 157 Å². The van der Waals surface area contributed by atoms with E-state index in [9.17, 15) is 4.79 Å². The van der Waals surface area contributed by atoms with E-state index in [1.807, 2.05) is 4.90 Å². The van der Waals surface area contributed by atoms with Crippen LogP contribution < -0.4 is 5.32 Å². The van der Waals surface area contributed by atoms with E-state index in [1.54, 1.807) is 36.5 Å². The molecular formula is C18H20Cl2N4O. The van der Waals surface area contributed by atoms with Gasteiger partial charge in [-0.05, 0) is 36.9 Å². The Morgan fingerprint density at radius 3 is 2.64 bits per heavy atom. The predicted octanol–water partition coefficient (Wildman–Crippen LogP) is 3.91. The van der Waals surface area contributed by atoms with Gasteiger partial charge < -0.3 is 15.1 Å². The third-order valence-electron chi connectivity index (χ3n) is 4.29. The van der Waals surface area contributed by atoms with Gasteiger partial charge in [-0.1, -0.05) is 30.1 Å². The number of hydrogen-bond donors (Lipinski definition) is 1. The highest BCUT2D eigenvalue weighted by molar-refractivity contribution is 6.35. The molecule has 1 saturated heterocycles. The minimum Gasteiger partial charge on any atom is -0.354 e. The molecular weight excluding hydrogens is 359 g/mol. The summed E-state index contributed by atoms with van der Waals surface area (Å²) in [7, 11) is 0. The number of piperazine rings is 1. The van der Waals surface area contributed by atoms with Crippen molar-refractivity contribution in [2.75, 3.05) is 38.0 Å². The van der Waals surface area contributed by atoms with Crippen LogP contribution in [0.1, 0.15) is 17.4 Å². The van der Waals surface area contributed by atoms with E-state index in [4.69, 9.17) is 23.2 Å². The second-order valence-electron chi connectivity index (χ2n) is 5.91. The molecule has 2 heterocycles. The first-order valence-electron chi connectivity index (χ1n) is 8.26. The Balaban J connectivity index is 1.73. The SMILES string of the molecule is CCN1CCN(C(=O)c2cc(Nc3cc(Cl)ccc3Cl)ccn2)CC1. The molecule has 0 unspecified atom stereocenters. The fourth-order valence-electron chi connectivity index (χ4n) is 2.80. The average molecular weight is 379 g/mol. The van der Waals surface area contributed by atoms with Crippen LogP contribution >= 0.6 is 23.2 Å². The molecule has 0 radical (unpaired) electrons. The summed E-state index contributed by atoms with van der Waals surface area (Å²) < 4.78 is 0. The number of rotatable bonds is 4. The molecule has 0 aliphatic carbocycles. The summed E-state index contributed by atoms with van der Waals surface area (Å²) in [6, 6.07) is 8.74. The van der Waals surface area contributed by atoms with Gasteiger partial charge in [0.2, 0.25) is 0 Å². The second kappa shape index (κ2) is 8.04. The molecule has 1 fully saturated rings. The van der Waals surface area contributed by atoms with Crippen molar-refractivity contribution in [2.24, 2.45) is 0 Å². The second-order valence-corrected chi connectivity index (χ2v) is 6.75. The number of benzene rings is 1. The maximum Gasteiger partial charge on any atom is 0.272 e. The Morgan fingerprint density at radius 2 is 1.92 bits per heavy atom. The van der Waals surface area contributed by atoms with E-state index in [1.165, 1.54) is 0 Å². The molecule has 0 saturated carbocycles. The highest BCUT2D eigenvalue weighted by Crippen LogP contribution is 2.28. The van der Waals surface area contributed by atoms with Gasteiger partial charge in [0.25, 0.3) is 5.91 Å². The van der Waals surface area contributed by atoms with Gasteiger partial charge in [0.1, 0.15) is 5.69 Å².